The fourth-order valence-corrected chi connectivity index (χ4v) is 6.42. The van der Waals surface area contributed by atoms with Gasteiger partial charge in [0.1, 0.15) is 49.2 Å². The summed E-state index contributed by atoms with van der Waals surface area (Å²) in [4.78, 5) is 65.6. The number of carboxylic acid groups (broad SMARTS) is 1. The lowest BCUT2D eigenvalue weighted by Crippen LogP contribution is -2.61. The fraction of sp³-hybridized carbons (Fsp3) is 0.514. The van der Waals surface area contributed by atoms with Crippen molar-refractivity contribution in [1.29, 1.82) is 5.26 Å². The summed E-state index contributed by atoms with van der Waals surface area (Å²) in [6, 6.07) is 9.46. The topological polar surface area (TPSA) is 244 Å². The molecule has 0 radical (unpaired) electrons. The van der Waals surface area contributed by atoms with E-state index in [0.717, 1.165) is 6.42 Å². The predicted octanol–water partition coefficient (Wildman–Crippen LogP) is 0.458. The minimum atomic E-state index is -1.88. The molecule has 290 valence electrons. The second kappa shape index (κ2) is 17.1. The first-order valence-corrected chi connectivity index (χ1v) is 17.2. The number of nitriles is 1. The number of likely N-dealkylation sites (tertiary alicyclic amines) is 1. The maximum atomic E-state index is 13.6. The minimum absolute atomic E-state index is 0.0769. The number of carboxylic acids is 1. The van der Waals surface area contributed by atoms with Crippen molar-refractivity contribution in [3.05, 3.63) is 48.4 Å². The molecule has 0 aliphatic carbocycles. The van der Waals surface area contributed by atoms with E-state index in [1.54, 1.807) is 42.4 Å². The van der Waals surface area contributed by atoms with E-state index < -0.39 is 48.8 Å². The van der Waals surface area contributed by atoms with Gasteiger partial charge in [0.2, 0.25) is 12.2 Å². The van der Waals surface area contributed by atoms with Gasteiger partial charge >= 0.3 is 18.1 Å². The molecule has 3 aromatic rings. The van der Waals surface area contributed by atoms with Crippen molar-refractivity contribution in [1.82, 2.24) is 29.2 Å². The number of piperidine rings is 1. The van der Waals surface area contributed by atoms with Crippen LogP contribution in [0.2, 0.25) is 0 Å². The third kappa shape index (κ3) is 8.47. The van der Waals surface area contributed by atoms with E-state index in [9.17, 15) is 39.6 Å². The van der Waals surface area contributed by atoms with Crippen LogP contribution in [0.25, 0.3) is 11.0 Å². The zero-order chi connectivity index (χ0) is 39.3. The van der Waals surface area contributed by atoms with Gasteiger partial charge in [-0.25, -0.2) is 24.4 Å². The van der Waals surface area contributed by atoms with Crippen molar-refractivity contribution < 1.29 is 53.8 Å². The van der Waals surface area contributed by atoms with Gasteiger partial charge in [-0.15, -0.1) is 0 Å². The number of anilines is 1. The number of aliphatic carboxylic acids is 1. The third-order valence-corrected chi connectivity index (χ3v) is 9.79. The molecule has 54 heavy (non-hydrogen) atoms. The molecule has 0 bridgehead atoms. The molecule has 2 aliphatic rings. The Morgan fingerprint density at radius 1 is 1.02 bits per heavy atom. The lowest BCUT2D eigenvalue weighted by molar-refractivity contribution is -0.271. The number of aliphatic hydroxyl groups excluding tert-OH is 3. The summed E-state index contributed by atoms with van der Waals surface area (Å²) in [7, 11) is 4.96. The van der Waals surface area contributed by atoms with Crippen molar-refractivity contribution in [2.75, 3.05) is 52.2 Å². The summed E-state index contributed by atoms with van der Waals surface area (Å²) in [5.74, 6) is -0.858. The van der Waals surface area contributed by atoms with Crippen LogP contribution in [0.1, 0.15) is 25.3 Å². The second-order valence-corrected chi connectivity index (χ2v) is 13.4. The number of aliphatic hydroxyl groups is 3. The number of likely N-dealkylation sites (N-methyl/N-ethyl adjacent to an activating group) is 3. The molecule has 7 atom stereocenters. The molecule has 19 nitrogen and oxygen atoms in total. The van der Waals surface area contributed by atoms with E-state index in [0.29, 0.717) is 35.5 Å². The highest BCUT2D eigenvalue weighted by Gasteiger charge is 2.48. The van der Waals surface area contributed by atoms with Crippen LogP contribution in [0.3, 0.4) is 0 Å². The van der Waals surface area contributed by atoms with Crippen LogP contribution in [-0.2, 0) is 25.7 Å². The van der Waals surface area contributed by atoms with Gasteiger partial charge in [0, 0.05) is 59.1 Å². The molecule has 0 unspecified atom stereocenters. The number of hydrogen-bond donors (Lipinski definition) is 4. The molecular weight excluding hydrogens is 708 g/mol. The van der Waals surface area contributed by atoms with Gasteiger partial charge in [-0.2, -0.15) is 5.26 Å². The van der Waals surface area contributed by atoms with Gasteiger partial charge in [0.05, 0.1) is 17.5 Å². The Labute approximate surface area is 310 Å². The van der Waals surface area contributed by atoms with Crippen LogP contribution in [0.4, 0.5) is 15.4 Å². The zero-order valence-corrected chi connectivity index (χ0v) is 30.3. The summed E-state index contributed by atoms with van der Waals surface area (Å²) < 4.78 is 17.7. The largest absolute Gasteiger partial charge is 0.479 e. The third-order valence-electron chi connectivity index (χ3n) is 9.79. The number of rotatable bonds is 11. The number of fused-ring (bicyclic) bond motifs is 1. The number of aromatic nitrogens is 3. The molecule has 2 aliphatic heterocycles. The first kappa shape index (κ1) is 39.7. The summed E-state index contributed by atoms with van der Waals surface area (Å²) >= 11 is 0. The highest BCUT2D eigenvalue weighted by atomic mass is 16.7. The molecular formula is C35H44N8O11. The van der Waals surface area contributed by atoms with E-state index in [1.807, 2.05) is 18.0 Å². The van der Waals surface area contributed by atoms with Crippen molar-refractivity contribution in [2.45, 2.75) is 63.1 Å². The van der Waals surface area contributed by atoms with E-state index in [1.165, 1.54) is 33.8 Å². The van der Waals surface area contributed by atoms with Gasteiger partial charge in [0.25, 0.3) is 0 Å². The van der Waals surface area contributed by atoms with Gasteiger partial charge in [-0.3, -0.25) is 9.36 Å². The standard InChI is InChI=1S/C35H44N8O11/c1-20-10-13-42(25(44)9-12-36)17-23(20)41(4)30-22-11-14-43(31(22)38-19-37-30)34(50)39(2)15-16-40(3)35(51)52-18-21-7-5-6-8-24(21)53-33-28(47)26(45)27(46)29(54-33)32(48)49/h5-8,11,14,19-20,23,26-29,33,45-47H,9-10,13,15-18H2,1-4H3,(H,48,49)/t20-,23+,26+,27+,28-,29+,33-/m1/s1. The summed E-state index contributed by atoms with van der Waals surface area (Å²) in [6.45, 7) is 3.06. The predicted molar refractivity (Wildman–Crippen MR) is 188 cm³/mol. The van der Waals surface area contributed by atoms with Gasteiger partial charge in [-0.1, -0.05) is 25.1 Å². The van der Waals surface area contributed by atoms with E-state index in [2.05, 4.69) is 16.9 Å². The summed E-state index contributed by atoms with van der Waals surface area (Å²) in [5, 5.41) is 49.3. The Hall–Kier alpha value is -5.55. The normalized spacial score (nSPS) is 24.0. The average Bonchev–Trinajstić information content (AvgIpc) is 3.60. The molecule has 3 amide bonds. The van der Waals surface area contributed by atoms with Crippen LogP contribution in [0.15, 0.2) is 42.9 Å². The fourth-order valence-electron chi connectivity index (χ4n) is 6.42. The lowest BCUT2D eigenvalue weighted by atomic mass is 9.92. The number of benzene rings is 1. The number of carbonyl (C=O) groups is 4. The molecule has 2 fully saturated rings. The molecule has 0 saturated carbocycles. The first-order chi connectivity index (χ1) is 25.7. The maximum absolute atomic E-state index is 13.6. The van der Waals surface area contributed by atoms with Gasteiger partial charge in [-0.05, 0) is 24.5 Å². The van der Waals surface area contributed by atoms with Crippen molar-refractivity contribution >= 4 is 40.9 Å². The Morgan fingerprint density at radius 2 is 1.74 bits per heavy atom. The molecule has 2 aromatic heterocycles. The Balaban J connectivity index is 1.17. The minimum Gasteiger partial charge on any atom is -0.479 e. The zero-order valence-electron chi connectivity index (χ0n) is 30.3. The smallest absolute Gasteiger partial charge is 0.409 e. The SMILES string of the molecule is C[C@@H]1CCN(C(=O)CC#N)C[C@@H]1N(C)c1ncnc2c1ccn2C(=O)N(C)CCN(C)C(=O)OCc1ccccc1O[C@@H]1O[C@H](C(=O)O)[C@@H](O)[C@H](O)[C@H]1O. The molecule has 1 aromatic carbocycles. The molecule has 5 rings (SSSR count). The highest BCUT2D eigenvalue weighted by Crippen LogP contribution is 2.30. The number of hydrogen-bond acceptors (Lipinski definition) is 14. The number of carbonyl (C=O) groups excluding carboxylic acids is 3. The van der Waals surface area contributed by atoms with E-state index in [-0.39, 0.29) is 49.7 Å². The molecule has 19 heteroatoms. The molecule has 4 heterocycles. The monoisotopic (exact) mass is 752 g/mol. The average molecular weight is 753 g/mol. The highest BCUT2D eigenvalue weighted by molar-refractivity contribution is 5.95. The first-order valence-electron chi connectivity index (χ1n) is 17.2. The van der Waals surface area contributed by atoms with Crippen LogP contribution in [0.5, 0.6) is 5.75 Å². The van der Waals surface area contributed by atoms with E-state index in [4.69, 9.17) is 19.5 Å². The number of para-hydroxylation sites is 1. The van der Waals surface area contributed by atoms with Crippen molar-refractivity contribution in [3.63, 3.8) is 0 Å². The second-order valence-electron chi connectivity index (χ2n) is 13.4. The number of ether oxygens (including phenoxy) is 3. The van der Waals surface area contributed by atoms with Crippen molar-refractivity contribution in [2.24, 2.45) is 5.92 Å². The summed E-state index contributed by atoms with van der Waals surface area (Å²) in [5.41, 5.74) is 0.720. The van der Waals surface area contributed by atoms with E-state index >= 15 is 0 Å². The Kier molecular flexibility index (Phi) is 12.5. The summed E-state index contributed by atoms with van der Waals surface area (Å²) in [6.07, 6.45) is -6.15. The van der Waals surface area contributed by atoms with Crippen molar-refractivity contribution in [3.8, 4) is 11.8 Å². The number of nitrogens with zero attached hydrogens (tertiary/aromatic N) is 8. The van der Waals surface area contributed by atoms with Crippen LogP contribution >= 0.6 is 0 Å². The van der Waals surface area contributed by atoms with Crippen LogP contribution in [0, 0.1) is 17.2 Å². The molecule has 0 spiro atoms. The Morgan fingerprint density at radius 3 is 2.46 bits per heavy atom. The van der Waals surface area contributed by atoms with Crippen LogP contribution in [-0.4, -0.2) is 158 Å². The molecule has 4 N–H and O–H groups in total. The van der Waals surface area contributed by atoms with Gasteiger partial charge in [0.15, 0.2) is 11.8 Å². The van der Waals surface area contributed by atoms with Gasteiger partial charge < -0.3 is 54.2 Å². The number of amides is 3. The lowest BCUT2D eigenvalue weighted by Gasteiger charge is -2.42. The maximum Gasteiger partial charge on any atom is 0.409 e. The van der Waals surface area contributed by atoms with Crippen LogP contribution < -0.4 is 9.64 Å². The Bertz CT molecular complexity index is 1880. The molecule has 2 saturated heterocycles. The quantitative estimate of drug-likeness (QED) is 0.208.